The number of fused-ring (bicyclic) bond motifs is 1. The van der Waals surface area contributed by atoms with Gasteiger partial charge in [-0.05, 0) is 69.1 Å². The van der Waals surface area contributed by atoms with E-state index < -0.39 is 18.3 Å². The van der Waals surface area contributed by atoms with Crippen molar-refractivity contribution < 1.29 is 23.6 Å². The molecule has 1 aliphatic heterocycles. The lowest BCUT2D eigenvalue weighted by atomic mass is 9.78. The Morgan fingerprint density at radius 2 is 1.78 bits per heavy atom. The molecule has 4 rings (SSSR count). The molecule has 0 N–H and O–H groups in total. The van der Waals surface area contributed by atoms with E-state index in [1.54, 1.807) is 18.3 Å². The summed E-state index contributed by atoms with van der Waals surface area (Å²) in [5, 5.41) is 3.22. The van der Waals surface area contributed by atoms with Gasteiger partial charge in [-0.25, -0.2) is 0 Å². The largest absolute Gasteiger partial charge is 0.496 e. The lowest BCUT2D eigenvalue weighted by Crippen LogP contribution is -2.41. The van der Waals surface area contributed by atoms with Crippen LogP contribution in [-0.4, -0.2) is 30.9 Å². The van der Waals surface area contributed by atoms with E-state index in [0.29, 0.717) is 19.0 Å². The zero-order valence-corrected chi connectivity index (χ0v) is 20.1. The number of hydrogen-bond acceptors (Lipinski definition) is 6. The van der Waals surface area contributed by atoms with Crippen LogP contribution in [0, 0.1) is 0 Å². The van der Waals surface area contributed by atoms with Crippen LogP contribution >= 0.6 is 11.3 Å². The lowest BCUT2D eigenvalue weighted by molar-refractivity contribution is -0.142. The molecular formula is C25H29BO5S. The number of carbonyl (C=O) groups excluding carboxylic acids is 1. The number of hydrogen-bond donors (Lipinski definition) is 0. The second-order valence-electron chi connectivity index (χ2n) is 8.99. The molecule has 2 heterocycles. The van der Waals surface area contributed by atoms with E-state index in [2.05, 4.69) is 51.3 Å². The molecule has 5 nitrogen and oxygen atoms in total. The van der Waals surface area contributed by atoms with Crippen LogP contribution in [0.3, 0.4) is 0 Å². The predicted molar refractivity (Wildman–Crippen MR) is 129 cm³/mol. The summed E-state index contributed by atoms with van der Waals surface area (Å²) < 4.78 is 25.0. The van der Waals surface area contributed by atoms with Gasteiger partial charge < -0.3 is 18.8 Å². The molecule has 0 unspecified atom stereocenters. The minimum atomic E-state index is -0.433. The monoisotopic (exact) mass is 452 g/mol. The first-order valence-electron chi connectivity index (χ1n) is 10.9. The zero-order valence-electron chi connectivity index (χ0n) is 19.3. The molecule has 0 atom stereocenters. The van der Waals surface area contributed by atoms with Crippen molar-refractivity contribution in [1.82, 2.24) is 0 Å². The van der Waals surface area contributed by atoms with Crippen LogP contribution in [0.4, 0.5) is 0 Å². The third-order valence-electron chi connectivity index (χ3n) is 6.15. The topological polar surface area (TPSA) is 54.0 Å². The van der Waals surface area contributed by atoms with Gasteiger partial charge in [-0.15, -0.1) is 11.3 Å². The summed E-state index contributed by atoms with van der Waals surface area (Å²) in [6, 6.07) is 13.9. The molecule has 1 fully saturated rings. The molecule has 168 valence electrons. The smallest absolute Gasteiger partial charge is 0.489 e. The van der Waals surface area contributed by atoms with Gasteiger partial charge in [0.05, 0.1) is 24.2 Å². The maximum Gasteiger partial charge on any atom is 0.496 e. The molecule has 0 amide bonds. The Hall–Kier alpha value is -2.35. The van der Waals surface area contributed by atoms with E-state index in [-0.39, 0.29) is 12.4 Å². The Bertz CT molecular complexity index is 1100. The third-order valence-corrected chi connectivity index (χ3v) is 7.13. The number of carbonyl (C=O) groups is 1. The Balaban J connectivity index is 1.58. The average molecular weight is 452 g/mol. The number of esters is 1. The second-order valence-corrected chi connectivity index (χ2v) is 9.91. The van der Waals surface area contributed by atoms with E-state index in [4.69, 9.17) is 18.8 Å². The first kappa shape index (κ1) is 22.8. The summed E-state index contributed by atoms with van der Waals surface area (Å²) in [6.07, 6.45) is 0.187. The van der Waals surface area contributed by atoms with Crippen molar-refractivity contribution in [3.05, 3.63) is 59.0 Å². The second kappa shape index (κ2) is 8.89. The first-order chi connectivity index (χ1) is 15.2. The van der Waals surface area contributed by atoms with E-state index in [0.717, 1.165) is 26.7 Å². The molecule has 0 spiro atoms. The molecule has 1 saturated heterocycles. The summed E-state index contributed by atoms with van der Waals surface area (Å²) in [5.74, 6) is 0.425. The number of rotatable bonds is 7. The SMILES string of the molecule is CCOC(=O)Cc1ccccc1OCc1cc(B2OC(C)(C)C(C)(C)O2)c2sccc2c1. The zero-order chi connectivity index (χ0) is 22.9. The quantitative estimate of drug-likeness (QED) is 0.378. The fourth-order valence-electron chi connectivity index (χ4n) is 3.72. The molecule has 3 aromatic rings. The van der Waals surface area contributed by atoms with Crippen molar-refractivity contribution in [2.75, 3.05) is 6.61 Å². The molecule has 0 aliphatic carbocycles. The minimum absolute atomic E-state index is 0.187. The summed E-state index contributed by atoms with van der Waals surface area (Å²) in [5.41, 5.74) is 2.05. The maximum absolute atomic E-state index is 11.9. The fourth-order valence-corrected chi connectivity index (χ4v) is 4.63. The van der Waals surface area contributed by atoms with Gasteiger partial charge >= 0.3 is 13.1 Å². The fraction of sp³-hybridized carbons (Fsp3) is 0.400. The highest BCUT2D eigenvalue weighted by molar-refractivity contribution is 7.18. The van der Waals surface area contributed by atoms with Crippen LogP contribution in [-0.2, 0) is 31.9 Å². The number of ether oxygens (including phenoxy) is 2. The van der Waals surface area contributed by atoms with Gasteiger partial charge in [0.2, 0.25) is 0 Å². The normalized spacial score (nSPS) is 17.0. The molecule has 0 radical (unpaired) electrons. The molecule has 0 saturated carbocycles. The van der Waals surface area contributed by atoms with Crippen molar-refractivity contribution in [3.8, 4) is 5.75 Å². The van der Waals surface area contributed by atoms with Crippen molar-refractivity contribution in [1.29, 1.82) is 0 Å². The van der Waals surface area contributed by atoms with Crippen LogP contribution in [0.5, 0.6) is 5.75 Å². The summed E-state index contributed by atoms with van der Waals surface area (Å²) in [6.45, 7) is 10.8. The molecule has 0 bridgehead atoms. The van der Waals surface area contributed by atoms with Gasteiger partial charge in [0, 0.05) is 15.7 Å². The van der Waals surface area contributed by atoms with E-state index in [9.17, 15) is 4.79 Å². The molecular weight excluding hydrogens is 423 g/mol. The van der Waals surface area contributed by atoms with E-state index in [1.807, 2.05) is 24.3 Å². The van der Waals surface area contributed by atoms with E-state index in [1.165, 1.54) is 0 Å². The molecule has 2 aromatic carbocycles. The Labute approximate surface area is 193 Å². The van der Waals surface area contributed by atoms with Gasteiger partial charge in [-0.2, -0.15) is 0 Å². The Kier molecular flexibility index (Phi) is 6.34. The highest BCUT2D eigenvalue weighted by Crippen LogP contribution is 2.37. The van der Waals surface area contributed by atoms with Crippen molar-refractivity contribution in [2.24, 2.45) is 0 Å². The summed E-state index contributed by atoms with van der Waals surface area (Å²) in [4.78, 5) is 11.9. The highest BCUT2D eigenvalue weighted by Gasteiger charge is 2.52. The molecule has 1 aliphatic rings. The highest BCUT2D eigenvalue weighted by atomic mass is 32.1. The Morgan fingerprint density at radius 1 is 1.06 bits per heavy atom. The first-order valence-corrected chi connectivity index (χ1v) is 11.8. The van der Waals surface area contributed by atoms with Crippen LogP contribution in [0.25, 0.3) is 10.1 Å². The number of thiophene rings is 1. The Morgan fingerprint density at radius 3 is 2.50 bits per heavy atom. The standard InChI is InChI=1S/C25H29BO5S/c1-6-28-22(27)15-18-9-7-8-10-21(18)29-16-17-13-19-11-12-32-23(19)20(14-17)26-30-24(2,3)25(4,5)31-26/h7-14H,6,15-16H2,1-5H3. The number of para-hydroxylation sites is 1. The predicted octanol–water partition coefficient (Wildman–Crippen LogP) is 4.89. The van der Waals surface area contributed by atoms with Gasteiger partial charge in [0.15, 0.2) is 0 Å². The van der Waals surface area contributed by atoms with Gasteiger partial charge in [-0.1, -0.05) is 24.3 Å². The molecule has 32 heavy (non-hydrogen) atoms. The van der Waals surface area contributed by atoms with Crippen LogP contribution in [0.15, 0.2) is 47.8 Å². The van der Waals surface area contributed by atoms with Crippen LogP contribution < -0.4 is 10.2 Å². The minimum Gasteiger partial charge on any atom is -0.489 e. The van der Waals surface area contributed by atoms with Gasteiger partial charge in [-0.3, -0.25) is 4.79 Å². The summed E-state index contributed by atoms with van der Waals surface area (Å²) in [7, 11) is -0.433. The number of benzene rings is 2. The van der Waals surface area contributed by atoms with Gasteiger partial charge in [0.25, 0.3) is 0 Å². The van der Waals surface area contributed by atoms with Crippen LogP contribution in [0.2, 0.25) is 0 Å². The third kappa shape index (κ3) is 4.56. The van der Waals surface area contributed by atoms with Crippen molar-refractivity contribution in [2.45, 2.75) is 58.8 Å². The van der Waals surface area contributed by atoms with E-state index >= 15 is 0 Å². The lowest BCUT2D eigenvalue weighted by Gasteiger charge is -2.32. The van der Waals surface area contributed by atoms with Crippen molar-refractivity contribution >= 4 is 40.0 Å². The molecule has 7 heteroatoms. The maximum atomic E-state index is 11.9. The molecule has 1 aromatic heterocycles. The average Bonchev–Trinajstić information content (AvgIpc) is 3.28. The van der Waals surface area contributed by atoms with Gasteiger partial charge in [0.1, 0.15) is 12.4 Å². The van der Waals surface area contributed by atoms with Crippen LogP contribution in [0.1, 0.15) is 45.7 Å². The summed E-state index contributed by atoms with van der Waals surface area (Å²) >= 11 is 1.69. The van der Waals surface area contributed by atoms with Crippen molar-refractivity contribution in [3.63, 3.8) is 0 Å².